The molecule has 0 radical (unpaired) electrons. The van der Waals surface area contributed by atoms with Crippen molar-refractivity contribution in [1.82, 2.24) is 4.90 Å². The van der Waals surface area contributed by atoms with Crippen LogP contribution in [0.5, 0.6) is 0 Å². The zero-order valence-corrected chi connectivity index (χ0v) is 17.5. The molecule has 1 aliphatic heterocycles. The Morgan fingerprint density at radius 1 is 1.23 bits per heavy atom. The summed E-state index contributed by atoms with van der Waals surface area (Å²) in [5, 5.41) is 4.68. The summed E-state index contributed by atoms with van der Waals surface area (Å²) in [7, 11) is 0. The van der Waals surface area contributed by atoms with E-state index in [0.717, 1.165) is 11.3 Å². The molecule has 1 saturated heterocycles. The highest BCUT2D eigenvalue weighted by Gasteiger charge is 2.32. The Morgan fingerprint density at radius 3 is 2.77 bits per heavy atom. The quantitative estimate of drug-likeness (QED) is 0.449. The van der Waals surface area contributed by atoms with Crippen molar-refractivity contribution in [2.45, 2.75) is 6.92 Å². The molecule has 0 unspecified atom stereocenters. The standard InChI is InChI=1S/C18H13Cl3N2OS2/c1-10-5-6-12(19)8-14(10)22-9-23-17(24)15(26-18(23)25)7-11-3-2-4-13(20)16(11)21/h2-8,22H,9H2,1H3/b15-7+. The van der Waals surface area contributed by atoms with Crippen molar-refractivity contribution in [3.05, 3.63) is 67.5 Å². The van der Waals surface area contributed by atoms with Gasteiger partial charge in [0.25, 0.3) is 5.91 Å². The normalized spacial score (nSPS) is 15.8. The molecule has 1 heterocycles. The first-order valence-electron chi connectivity index (χ1n) is 7.56. The number of rotatable bonds is 4. The minimum atomic E-state index is -0.178. The second-order valence-electron chi connectivity index (χ2n) is 5.55. The monoisotopic (exact) mass is 442 g/mol. The number of benzene rings is 2. The Balaban J connectivity index is 1.78. The van der Waals surface area contributed by atoms with Crippen molar-refractivity contribution in [1.29, 1.82) is 0 Å². The van der Waals surface area contributed by atoms with E-state index in [1.54, 1.807) is 24.3 Å². The zero-order chi connectivity index (χ0) is 18.8. The summed E-state index contributed by atoms with van der Waals surface area (Å²) in [6, 6.07) is 10.8. The van der Waals surface area contributed by atoms with E-state index in [0.29, 0.717) is 29.9 Å². The van der Waals surface area contributed by atoms with E-state index in [4.69, 9.17) is 47.0 Å². The fraction of sp³-hybridized carbons (Fsp3) is 0.111. The number of hydrogen-bond donors (Lipinski definition) is 1. The first-order chi connectivity index (χ1) is 12.4. The first-order valence-corrected chi connectivity index (χ1v) is 9.92. The van der Waals surface area contributed by atoms with Gasteiger partial charge in [-0.15, -0.1) is 0 Å². The summed E-state index contributed by atoms with van der Waals surface area (Å²) in [6.45, 7) is 2.22. The van der Waals surface area contributed by atoms with E-state index in [2.05, 4.69) is 5.32 Å². The molecule has 3 rings (SSSR count). The smallest absolute Gasteiger partial charge is 0.267 e. The van der Waals surface area contributed by atoms with Gasteiger partial charge in [-0.2, -0.15) is 0 Å². The van der Waals surface area contributed by atoms with Gasteiger partial charge < -0.3 is 5.32 Å². The minimum Gasteiger partial charge on any atom is -0.367 e. The number of halogens is 3. The molecule has 0 bridgehead atoms. The van der Waals surface area contributed by atoms with E-state index in [1.807, 2.05) is 25.1 Å². The Morgan fingerprint density at radius 2 is 2.00 bits per heavy atom. The Hall–Kier alpha value is -1.24. The third-order valence-electron chi connectivity index (χ3n) is 3.77. The molecule has 0 spiro atoms. The lowest BCUT2D eigenvalue weighted by Crippen LogP contribution is -2.33. The van der Waals surface area contributed by atoms with Gasteiger partial charge in [0.1, 0.15) is 4.32 Å². The molecule has 0 saturated carbocycles. The number of aryl methyl sites for hydroxylation is 1. The summed E-state index contributed by atoms with van der Waals surface area (Å²) in [5.74, 6) is -0.178. The molecule has 1 fully saturated rings. The summed E-state index contributed by atoms with van der Waals surface area (Å²) in [6.07, 6.45) is 1.71. The molecule has 134 valence electrons. The number of thiocarbonyl (C=S) groups is 1. The lowest BCUT2D eigenvalue weighted by Gasteiger charge is -2.17. The first kappa shape index (κ1) is 19.5. The lowest BCUT2D eigenvalue weighted by atomic mass is 10.2. The maximum Gasteiger partial charge on any atom is 0.267 e. The Kier molecular flexibility index (Phi) is 6.15. The minimum absolute atomic E-state index is 0.178. The molecule has 3 nitrogen and oxygen atoms in total. The van der Waals surface area contributed by atoms with Gasteiger partial charge in [-0.3, -0.25) is 9.69 Å². The number of thioether (sulfide) groups is 1. The third-order valence-corrected chi connectivity index (χ3v) is 6.22. The van der Waals surface area contributed by atoms with E-state index in [1.165, 1.54) is 16.7 Å². The van der Waals surface area contributed by atoms with Crippen LogP contribution < -0.4 is 5.32 Å². The maximum absolute atomic E-state index is 12.7. The van der Waals surface area contributed by atoms with Crippen LogP contribution in [0.25, 0.3) is 6.08 Å². The topological polar surface area (TPSA) is 32.3 Å². The van der Waals surface area contributed by atoms with Gasteiger partial charge in [-0.1, -0.05) is 77.0 Å². The summed E-state index contributed by atoms with van der Waals surface area (Å²) in [5.41, 5.74) is 2.56. The van der Waals surface area contributed by atoms with Crippen LogP contribution in [0.1, 0.15) is 11.1 Å². The predicted octanol–water partition coefficient (Wildman–Crippen LogP) is 6.23. The molecular formula is C18H13Cl3N2OS2. The van der Waals surface area contributed by atoms with Crippen LogP contribution in [0, 0.1) is 6.92 Å². The SMILES string of the molecule is Cc1ccc(Cl)cc1NCN1C(=O)/C(=C\c2cccc(Cl)c2Cl)SC1=S. The highest BCUT2D eigenvalue weighted by molar-refractivity contribution is 8.26. The molecule has 1 N–H and O–H groups in total. The summed E-state index contributed by atoms with van der Waals surface area (Å²) >= 11 is 24.8. The van der Waals surface area contributed by atoms with E-state index in [-0.39, 0.29) is 12.6 Å². The van der Waals surface area contributed by atoms with Crippen molar-refractivity contribution in [3.8, 4) is 0 Å². The van der Waals surface area contributed by atoms with Crippen LogP contribution >= 0.6 is 58.8 Å². The molecule has 0 aliphatic carbocycles. The number of hydrogen-bond acceptors (Lipinski definition) is 4. The Labute approximate surface area is 176 Å². The Bertz CT molecular complexity index is 931. The van der Waals surface area contributed by atoms with Crippen LogP contribution in [-0.2, 0) is 4.79 Å². The van der Waals surface area contributed by atoms with Gasteiger partial charge >= 0.3 is 0 Å². The molecule has 1 aliphatic rings. The number of carbonyl (C=O) groups is 1. The second kappa shape index (κ2) is 8.19. The van der Waals surface area contributed by atoms with Gasteiger partial charge in [0.2, 0.25) is 0 Å². The van der Waals surface area contributed by atoms with Crippen LogP contribution in [0.3, 0.4) is 0 Å². The molecule has 2 aromatic rings. The van der Waals surface area contributed by atoms with Crippen molar-refractivity contribution >= 4 is 80.8 Å². The predicted molar refractivity (Wildman–Crippen MR) is 116 cm³/mol. The largest absolute Gasteiger partial charge is 0.367 e. The van der Waals surface area contributed by atoms with Gasteiger partial charge in [-0.25, -0.2) is 0 Å². The summed E-state index contributed by atoms with van der Waals surface area (Å²) < 4.78 is 0.478. The molecule has 0 aromatic heterocycles. The number of anilines is 1. The fourth-order valence-electron chi connectivity index (χ4n) is 2.36. The fourth-order valence-corrected chi connectivity index (χ4v) is 4.14. The number of nitrogens with zero attached hydrogens (tertiary/aromatic N) is 1. The molecular weight excluding hydrogens is 431 g/mol. The van der Waals surface area contributed by atoms with Crippen LogP contribution in [0.15, 0.2) is 41.3 Å². The molecule has 2 aromatic carbocycles. The van der Waals surface area contributed by atoms with Crippen molar-refractivity contribution in [2.75, 3.05) is 12.0 Å². The van der Waals surface area contributed by atoms with E-state index in [9.17, 15) is 4.79 Å². The van der Waals surface area contributed by atoms with Crippen molar-refractivity contribution in [2.24, 2.45) is 0 Å². The lowest BCUT2D eigenvalue weighted by molar-refractivity contribution is -0.121. The molecule has 0 atom stereocenters. The molecule has 1 amide bonds. The van der Waals surface area contributed by atoms with Crippen LogP contribution in [0.2, 0.25) is 15.1 Å². The second-order valence-corrected chi connectivity index (χ2v) is 8.44. The number of carbonyl (C=O) groups excluding carboxylic acids is 1. The number of amides is 1. The molecule has 8 heteroatoms. The average Bonchev–Trinajstić information content (AvgIpc) is 2.86. The van der Waals surface area contributed by atoms with E-state index >= 15 is 0 Å². The van der Waals surface area contributed by atoms with Crippen molar-refractivity contribution in [3.63, 3.8) is 0 Å². The van der Waals surface area contributed by atoms with Gasteiger partial charge in [-0.05, 0) is 42.3 Å². The van der Waals surface area contributed by atoms with Gasteiger partial charge in [0, 0.05) is 10.7 Å². The summed E-state index contributed by atoms with van der Waals surface area (Å²) in [4.78, 5) is 14.7. The van der Waals surface area contributed by atoms with Gasteiger partial charge in [0.05, 0.1) is 21.6 Å². The highest BCUT2D eigenvalue weighted by Crippen LogP contribution is 2.35. The zero-order valence-electron chi connectivity index (χ0n) is 13.6. The van der Waals surface area contributed by atoms with Crippen molar-refractivity contribution < 1.29 is 4.79 Å². The third kappa shape index (κ3) is 4.18. The highest BCUT2D eigenvalue weighted by atomic mass is 35.5. The van der Waals surface area contributed by atoms with Crippen LogP contribution in [-0.4, -0.2) is 21.8 Å². The van der Waals surface area contributed by atoms with Gasteiger partial charge in [0.15, 0.2) is 0 Å². The average molecular weight is 444 g/mol. The van der Waals surface area contributed by atoms with E-state index < -0.39 is 0 Å². The molecule has 26 heavy (non-hydrogen) atoms. The maximum atomic E-state index is 12.7. The van der Waals surface area contributed by atoms with Crippen LogP contribution in [0.4, 0.5) is 5.69 Å². The number of nitrogens with one attached hydrogen (secondary N) is 1.